The van der Waals surface area contributed by atoms with Gasteiger partial charge in [0.15, 0.2) is 0 Å². The van der Waals surface area contributed by atoms with Crippen LogP contribution in [-0.2, 0) is 11.3 Å². The molecule has 0 saturated carbocycles. The maximum atomic E-state index is 11.6. The number of hydrogen-bond donors (Lipinski definition) is 2. The lowest BCUT2D eigenvalue weighted by molar-refractivity contribution is -0.122. The van der Waals surface area contributed by atoms with Gasteiger partial charge in [0.2, 0.25) is 11.7 Å². The molecule has 1 amide bonds. The van der Waals surface area contributed by atoms with Crippen molar-refractivity contribution in [1.82, 2.24) is 30.8 Å². The van der Waals surface area contributed by atoms with Crippen LogP contribution in [0.15, 0.2) is 30.3 Å². The number of aromatic nitrogens is 4. The number of likely N-dealkylation sites (N-methyl/N-ethyl adjacent to an activating group) is 1. The number of carbonyl (C=O) groups excluding carboxylic acids is 1. The van der Waals surface area contributed by atoms with Crippen LogP contribution in [0.2, 0.25) is 0 Å². The fourth-order valence-corrected chi connectivity index (χ4v) is 1.52. The summed E-state index contributed by atoms with van der Waals surface area (Å²) < 4.78 is 0. The van der Waals surface area contributed by atoms with Crippen LogP contribution >= 0.6 is 0 Å². The molecule has 0 aliphatic heterocycles. The van der Waals surface area contributed by atoms with Crippen LogP contribution in [0.25, 0.3) is 11.4 Å². The molecule has 2 N–H and O–H groups in total. The molecule has 2 aromatic rings. The molecular formula is C12H16N6O. The van der Waals surface area contributed by atoms with E-state index in [-0.39, 0.29) is 12.5 Å². The molecule has 7 heteroatoms. The average molecular weight is 260 g/mol. The summed E-state index contributed by atoms with van der Waals surface area (Å²) in [5.41, 5.74) is 0.879. The first-order valence-electron chi connectivity index (χ1n) is 6.04. The van der Waals surface area contributed by atoms with Crippen LogP contribution in [0.3, 0.4) is 0 Å². The number of nitrogens with zero attached hydrogens (tertiary/aromatic N) is 4. The van der Waals surface area contributed by atoms with E-state index in [0.717, 1.165) is 12.1 Å². The van der Waals surface area contributed by atoms with E-state index in [1.165, 1.54) is 4.80 Å². The number of nitrogens with one attached hydrogen (secondary N) is 2. The number of benzene rings is 1. The Morgan fingerprint density at radius 1 is 1.26 bits per heavy atom. The van der Waals surface area contributed by atoms with E-state index >= 15 is 0 Å². The third-order valence-electron chi connectivity index (χ3n) is 2.47. The fraction of sp³-hybridized carbons (Fsp3) is 0.333. The number of hydrogen-bond acceptors (Lipinski definition) is 5. The van der Waals surface area contributed by atoms with Crippen LogP contribution in [0, 0.1) is 0 Å². The molecule has 0 saturated heterocycles. The smallest absolute Gasteiger partial charge is 0.243 e. The number of tetrazole rings is 1. The minimum absolute atomic E-state index is 0.0730. The van der Waals surface area contributed by atoms with E-state index in [4.69, 9.17) is 0 Å². The quantitative estimate of drug-likeness (QED) is 0.695. The highest BCUT2D eigenvalue weighted by Crippen LogP contribution is 2.11. The maximum Gasteiger partial charge on any atom is 0.243 e. The Morgan fingerprint density at radius 2 is 2.05 bits per heavy atom. The number of rotatable bonds is 6. The topological polar surface area (TPSA) is 84.7 Å². The SMILES string of the molecule is CNCCNC(=O)Cn1nnc(-c2ccccc2)n1. The van der Waals surface area contributed by atoms with Gasteiger partial charge in [-0.2, -0.15) is 4.80 Å². The van der Waals surface area contributed by atoms with Gasteiger partial charge in [-0.15, -0.1) is 10.2 Å². The standard InChI is InChI=1S/C12H16N6O/c1-13-7-8-14-11(19)9-18-16-12(15-17-18)10-5-3-2-4-6-10/h2-6,13H,7-9H2,1H3,(H,14,19). The third-order valence-corrected chi connectivity index (χ3v) is 2.47. The second-order valence-corrected chi connectivity index (χ2v) is 3.96. The summed E-state index contributed by atoms with van der Waals surface area (Å²) in [6, 6.07) is 9.52. The lowest BCUT2D eigenvalue weighted by Crippen LogP contribution is -2.33. The molecule has 19 heavy (non-hydrogen) atoms. The summed E-state index contributed by atoms with van der Waals surface area (Å²) in [5.74, 6) is 0.385. The second kappa shape index (κ2) is 6.60. The lowest BCUT2D eigenvalue weighted by atomic mass is 10.2. The predicted molar refractivity (Wildman–Crippen MR) is 70.2 cm³/mol. The van der Waals surface area contributed by atoms with Crippen molar-refractivity contribution in [3.8, 4) is 11.4 Å². The molecule has 0 unspecified atom stereocenters. The Kier molecular flexibility index (Phi) is 4.57. The van der Waals surface area contributed by atoms with Gasteiger partial charge in [0.1, 0.15) is 6.54 Å². The minimum Gasteiger partial charge on any atom is -0.353 e. The van der Waals surface area contributed by atoms with Crippen LogP contribution in [0.5, 0.6) is 0 Å². The van der Waals surface area contributed by atoms with Gasteiger partial charge in [0.05, 0.1) is 0 Å². The van der Waals surface area contributed by atoms with Crippen molar-refractivity contribution in [3.63, 3.8) is 0 Å². The molecule has 0 spiro atoms. The number of carbonyl (C=O) groups is 1. The molecule has 1 aromatic carbocycles. The molecule has 7 nitrogen and oxygen atoms in total. The monoisotopic (exact) mass is 260 g/mol. The van der Waals surface area contributed by atoms with E-state index in [9.17, 15) is 4.79 Å². The Bertz CT molecular complexity index is 524. The van der Waals surface area contributed by atoms with E-state index in [1.54, 1.807) is 0 Å². The summed E-state index contributed by atoms with van der Waals surface area (Å²) in [6.45, 7) is 1.38. The van der Waals surface area contributed by atoms with E-state index in [0.29, 0.717) is 12.4 Å². The third kappa shape index (κ3) is 3.85. The summed E-state index contributed by atoms with van der Waals surface area (Å²) >= 11 is 0. The molecule has 2 rings (SSSR count). The molecule has 0 aliphatic carbocycles. The van der Waals surface area contributed by atoms with Crippen molar-refractivity contribution in [2.45, 2.75) is 6.54 Å². The Labute approximate surface area is 111 Å². The van der Waals surface area contributed by atoms with Crippen molar-refractivity contribution in [2.75, 3.05) is 20.1 Å². The van der Waals surface area contributed by atoms with Crippen molar-refractivity contribution < 1.29 is 4.79 Å². The van der Waals surface area contributed by atoms with Crippen molar-refractivity contribution in [1.29, 1.82) is 0 Å². The Morgan fingerprint density at radius 3 is 2.79 bits per heavy atom. The minimum atomic E-state index is -0.132. The molecule has 0 radical (unpaired) electrons. The van der Waals surface area contributed by atoms with Gasteiger partial charge in [-0.1, -0.05) is 30.3 Å². The van der Waals surface area contributed by atoms with Crippen molar-refractivity contribution in [2.24, 2.45) is 0 Å². The van der Waals surface area contributed by atoms with Crippen molar-refractivity contribution in [3.05, 3.63) is 30.3 Å². The second-order valence-electron chi connectivity index (χ2n) is 3.96. The van der Waals surface area contributed by atoms with Crippen LogP contribution in [0.4, 0.5) is 0 Å². The van der Waals surface area contributed by atoms with Crippen LogP contribution in [-0.4, -0.2) is 46.3 Å². The highest BCUT2D eigenvalue weighted by molar-refractivity contribution is 5.75. The first kappa shape index (κ1) is 13.2. The highest BCUT2D eigenvalue weighted by Gasteiger charge is 2.08. The summed E-state index contributed by atoms with van der Waals surface area (Å²) in [5, 5.41) is 17.7. The summed E-state index contributed by atoms with van der Waals surface area (Å²) in [4.78, 5) is 12.9. The predicted octanol–water partition coefficient (Wildman–Crippen LogP) is -0.324. The first-order chi connectivity index (χ1) is 9.29. The van der Waals surface area contributed by atoms with Gasteiger partial charge >= 0.3 is 0 Å². The van der Waals surface area contributed by atoms with Gasteiger partial charge in [-0.05, 0) is 12.3 Å². The largest absolute Gasteiger partial charge is 0.353 e. The summed E-state index contributed by atoms with van der Waals surface area (Å²) in [6.07, 6.45) is 0. The van der Waals surface area contributed by atoms with E-state index < -0.39 is 0 Å². The van der Waals surface area contributed by atoms with Crippen LogP contribution in [0.1, 0.15) is 0 Å². The van der Waals surface area contributed by atoms with E-state index in [1.807, 2.05) is 37.4 Å². The fourth-order valence-electron chi connectivity index (χ4n) is 1.52. The summed E-state index contributed by atoms with van der Waals surface area (Å²) in [7, 11) is 1.83. The molecule has 0 aliphatic rings. The zero-order chi connectivity index (χ0) is 13.5. The van der Waals surface area contributed by atoms with Crippen molar-refractivity contribution >= 4 is 5.91 Å². The molecule has 0 fully saturated rings. The van der Waals surface area contributed by atoms with Gasteiger partial charge in [0, 0.05) is 18.7 Å². The normalized spacial score (nSPS) is 10.4. The molecule has 1 aromatic heterocycles. The highest BCUT2D eigenvalue weighted by atomic mass is 16.2. The number of amides is 1. The maximum absolute atomic E-state index is 11.6. The molecule has 0 atom stereocenters. The van der Waals surface area contributed by atoms with E-state index in [2.05, 4.69) is 26.0 Å². The van der Waals surface area contributed by atoms with Gasteiger partial charge in [-0.25, -0.2) is 0 Å². The Balaban J connectivity index is 1.93. The van der Waals surface area contributed by atoms with Gasteiger partial charge in [-0.3, -0.25) is 4.79 Å². The van der Waals surface area contributed by atoms with Gasteiger partial charge < -0.3 is 10.6 Å². The zero-order valence-electron chi connectivity index (χ0n) is 10.7. The Hall–Kier alpha value is -2.28. The molecule has 100 valence electrons. The average Bonchev–Trinajstić information content (AvgIpc) is 2.88. The first-order valence-corrected chi connectivity index (χ1v) is 6.04. The molecule has 1 heterocycles. The van der Waals surface area contributed by atoms with Crippen LogP contribution < -0.4 is 10.6 Å². The lowest BCUT2D eigenvalue weighted by Gasteiger charge is -2.02. The molecule has 0 bridgehead atoms. The molecular weight excluding hydrogens is 244 g/mol. The van der Waals surface area contributed by atoms with Gasteiger partial charge in [0.25, 0.3) is 0 Å². The zero-order valence-corrected chi connectivity index (χ0v) is 10.7.